The molecule has 1 atom stereocenters. The van der Waals surface area contributed by atoms with Gasteiger partial charge in [-0.3, -0.25) is 9.59 Å². The van der Waals surface area contributed by atoms with E-state index in [0.29, 0.717) is 24.5 Å². The molecule has 144 valence electrons. The summed E-state index contributed by atoms with van der Waals surface area (Å²) in [6.07, 6.45) is 0.939. The van der Waals surface area contributed by atoms with E-state index in [9.17, 15) is 9.59 Å². The van der Waals surface area contributed by atoms with Crippen molar-refractivity contribution in [3.05, 3.63) is 54.1 Å². The number of nitrogens with one attached hydrogen (secondary N) is 1. The molecule has 1 fully saturated rings. The summed E-state index contributed by atoms with van der Waals surface area (Å²) in [5.41, 5.74) is 8.20. The van der Waals surface area contributed by atoms with Crippen LogP contribution in [0.4, 0.5) is 11.4 Å². The van der Waals surface area contributed by atoms with Gasteiger partial charge in [0.1, 0.15) is 5.75 Å². The minimum absolute atomic E-state index is 0. The molecule has 6 nitrogen and oxygen atoms in total. The highest BCUT2D eigenvalue weighted by Gasteiger charge is 2.36. The Labute approximate surface area is 165 Å². The van der Waals surface area contributed by atoms with E-state index in [1.165, 1.54) is 0 Å². The summed E-state index contributed by atoms with van der Waals surface area (Å²) >= 11 is 0. The molecule has 3 rings (SSSR count). The molecule has 3 N–H and O–H groups in total. The first kappa shape index (κ1) is 20.6. The van der Waals surface area contributed by atoms with E-state index < -0.39 is 0 Å². The molecule has 1 aliphatic rings. The first-order chi connectivity index (χ1) is 12.6. The number of anilines is 2. The Bertz CT molecular complexity index is 795. The lowest BCUT2D eigenvalue weighted by atomic mass is 10.1. The molecule has 0 aliphatic carbocycles. The van der Waals surface area contributed by atoms with Crippen LogP contribution < -0.4 is 20.7 Å². The minimum atomic E-state index is -0.348. The summed E-state index contributed by atoms with van der Waals surface area (Å²) in [7, 11) is 1.57. The van der Waals surface area contributed by atoms with Crippen LogP contribution in [0.1, 0.15) is 12.0 Å². The zero-order valence-electron chi connectivity index (χ0n) is 15.2. The van der Waals surface area contributed by atoms with E-state index in [2.05, 4.69) is 5.32 Å². The van der Waals surface area contributed by atoms with Crippen LogP contribution in [0.15, 0.2) is 48.5 Å². The summed E-state index contributed by atoms with van der Waals surface area (Å²) in [4.78, 5) is 26.4. The molecule has 1 saturated heterocycles. The van der Waals surface area contributed by atoms with Gasteiger partial charge < -0.3 is 20.7 Å². The Balaban J connectivity index is 0.00000261. The molecule has 1 heterocycles. The average molecular weight is 390 g/mol. The number of hydrogen-bond donors (Lipinski definition) is 2. The predicted molar refractivity (Wildman–Crippen MR) is 108 cm³/mol. The van der Waals surface area contributed by atoms with Gasteiger partial charge in [-0.2, -0.15) is 0 Å². The van der Waals surface area contributed by atoms with Crippen LogP contribution in [0.3, 0.4) is 0 Å². The maximum atomic E-state index is 12.4. The van der Waals surface area contributed by atoms with Crippen molar-refractivity contribution < 1.29 is 14.3 Å². The Morgan fingerprint density at radius 2 is 1.93 bits per heavy atom. The van der Waals surface area contributed by atoms with Gasteiger partial charge >= 0.3 is 0 Å². The van der Waals surface area contributed by atoms with Crippen molar-refractivity contribution in [3.63, 3.8) is 0 Å². The molecule has 2 aromatic carbocycles. The van der Waals surface area contributed by atoms with E-state index in [1.54, 1.807) is 12.0 Å². The highest BCUT2D eigenvalue weighted by Crippen LogP contribution is 2.32. The smallest absolute Gasteiger partial charge is 0.227 e. The third-order valence-corrected chi connectivity index (χ3v) is 4.56. The molecule has 27 heavy (non-hydrogen) atoms. The summed E-state index contributed by atoms with van der Waals surface area (Å²) in [6, 6.07) is 14.9. The van der Waals surface area contributed by atoms with Crippen molar-refractivity contribution in [2.75, 3.05) is 30.8 Å². The highest BCUT2D eigenvalue weighted by molar-refractivity contribution is 6.01. The van der Waals surface area contributed by atoms with E-state index in [4.69, 9.17) is 10.5 Å². The van der Waals surface area contributed by atoms with Gasteiger partial charge in [0, 0.05) is 25.2 Å². The van der Waals surface area contributed by atoms with Gasteiger partial charge in [-0.15, -0.1) is 12.4 Å². The molecule has 0 aromatic heterocycles. The summed E-state index contributed by atoms with van der Waals surface area (Å²) in [5.74, 6) is 0.128. The zero-order chi connectivity index (χ0) is 18.5. The maximum Gasteiger partial charge on any atom is 0.227 e. The van der Waals surface area contributed by atoms with E-state index >= 15 is 0 Å². The molecule has 7 heteroatoms. The fourth-order valence-electron chi connectivity index (χ4n) is 3.13. The van der Waals surface area contributed by atoms with E-state index in [-0.39, 0.29) is 36.6 Å². The lowest BCUT2D eigenvalue weighted by molar-refractivity contribution is -0.126. The zero-order valence-corrected chi connectivity index (χ0v) is 16.0. The Kier molecular flexibility index (Phi) is 7.07. The van der Waals surface area contributed by atoms with Crippen molar-refractivity contribution in [2.45, 2.75) is 12.8 Å². The number of para-hydroxylation sites is 2. The lowest BCUT2D eigenvalue weighted by Crippen LogP contribution is -2.34. The number of nitrogen functional groups attached to an aromatic ring is 1. The van der Waals surface area contributed by atoms with Crippen LogP contribution >= 0.6 is 12.4 Å². The Morgan fingerprint density at radius 3 is 2.63 bits per heavy atom. The van der Waals surface area contributed by atoms with Crippen LogP contribution in [-0.4, -0.2) is 32.0 Å². The standard InChI is InChI=1S/C20H23N3O3.ClH/c1-26-18-5-3-2-4-17(18)23-13-15(12-19(23)24)20(25)22-11-10-14-6-8-16(21)9-7-14;/h2-9,15H,10-13,21H2,1H3,(H,22,25);1H. The number of nitrogens with two attached hydrogens (primary N) is 1. The van der Waals surface area contributed by atoms with Gasteiger partial charge in [0.15, 0.2) is 0 Å². The molecule has 1 aliphatic heterocycles. The first-order valence-electron chi connectivity index (χ1n) is 8.64. The first-order valence-corrected chi connectivity index (χ1v) is 8.64. The number of amides is 2. The molecule has 0 radical (unpaired) electrons. The van der Waals surface area contributed by atoms with Crippen LogP contribution in [-0.2, 0) is 16.0 Å². The quantitative estimate of drug-likeness (QED) is 0.743. The van der Waals surface area contributed by atoms with Crippen LogP contribution in [0.5, 0.6) is 5.75 Å². The van der Waals surface area contributed by atoms with Gasteiger partial charge in [0.05, 0.1) is 18.7 Å². The van der Waals surface area contributed by atoms with Crippen LogP contribution in [0.25, 0.3) is 0 Å². The second-order valence-corrected chi connectivity index (χ2v) is 6.36. The number of ether oxygens (including phenoxy) is 1. The molecule has 1 unspecified atom stereocenters. The Morgan fingerprint density at radius 1 is 1.22 bits per heavy atom. The molecule has 2 amide bonds. The summed E-state index contributed by atoms with van der Waals surface area (Å²) in [5, 5.41) is 2.93. The molecule has 0 bridgehead atoms. The van der Waals surface area contributed by atoms with E-state index in [1.807, 2.05) is 48.5 Å². The second-order valence-electron chi connectivity index (χ2n) is 6.36. The van der Waals surface area contributed by atoms with Crippen molar-refractivity contribution in [1.29, 1.82) is 0 Å². The van der Waals surface area contributed by atoms with Crippen LogP contribution in [0.2, 0.25) is 0 Å². The fraction of sp³-hybridized carbons (Fsp3) is 0.300. The molecular formula is C20H24ClN3O3. The van der Waals surface area contributed by atoms with Gasteiger partial charge in [-0.25, -0.2) is 0 Å². The number of methoxy groups -OCH3 is 1. The molecule has 0 spiro atoms. The minimum Gasteiger partial charge on any atom is -0.495 e. The third kappa shape index (κ3) is 4.92. The number of benzene rings is 2. The fourth-order valence-corrected chi connectivity index (χ4v) is 3.13. The number of halogens is 1. The van der Waals surface area contributed by atoms with Crippen molar-refractivity contribution in [2.24, 2.45) is 5.92 Å². The van der Waals surface area contributed by atoms with Gasteiger partial charge in [0.25, 0.3) is 0 Å². The number of rotatable bonds is 6. The SMILES string of the molecule is COc1ccccc1N1CC(C(=O)NCCc2ccc(N)cc2)CC1=O.Cl. The summed E-state index contributed by atoms with van der Waals surface area (Å²) in [6.45, 7) is 0.898. The van der Waals surface area contributed by atoms with Gasteiger partial charge in [-0.1, -0.05) is 24.3 Å². The van der Waals surface area contributed by atoms with E-state index in [0.717, 1.165) is 17.7 Å². The molecule has 2 aromatic rings. The molecular weight excluding hydrogens is 366 g/mol. The topological polar surface area (TPSA) is 84.7 Å². The van der Waals surface area contributed by atoms with Crippen molar-refractivity contribution in [3.8, 4) is 5.75 Å². The van der Waals surface area contributed by atoms with Crippen molar-refractivity contribution in [1.82, 2.24) is 5.32 Å². The molecule has 0 saturated carbocycles. The van der Waals surface area contributed by atoms with Gasteiger partial charge in [0.2, 0.25) is 11.8 Å². The number of nitrogens with zero attached hydrogens (tertiary/aromatic N) is 1. The lowest BCUT2D eigenvalue weighted by Gasteiger charge is -2.19. The third-order valence-electron chi connectivity index (χ3n) is 4.56. The highest BCUT2D eigenvalue weighted by atomic mass is 35.5. The number of carbonyl (C=O) groups excluding carboxylic acids is 2. The normalized spacial score (nSPS) is 16.0. The number of hydrogen-bond acceptors (Lipinski definition) is 4. The average Bonchev–Trinajstić information content (AvgIpc) is 3.05. The monoisotopic (exact) mass is 389 g/mol. The number of carbonyl (C=O) groups is 2. The van der Waals surface area contributed by atoms with Gasteiger partial charge in [-0.05, 0) is 36.2 Å². The van der Waals surface area contributed by atoms with Crippen LogP contribution in [0, 0.1) is 5.92 Å². The Hall–Kier alpha value is -2.73. The largest absolute Gasteiger partial charge is 0.495 e. The van der Waals surface area contributed by atoms with Crippen molar-refractivity contribution >= 4 is 35.6 Å². The summed E-state index contributed by atoms with van der Waals surface area (Å²) < 4.78 is 5.32. The maximum absolute atomic E-state index is 12.4. The second kappa shape index (κ2) is 9.28. The predicted octanol–water partition coefficient (Wildman–Crippen LogP) is 2.41.